The van der Waals surface area contributed by atoms with Crippen LogP contribution in [0.3, 0.4) is 0 Å². The second-order valence-corrected chi connectivity index (χ2v) is 6.14. The van der Waals surface area contributed by atoms with Crippen LogP contribution in [0.4, 0.5) is 0 Å². The van der Waals surface area contributed by atoms with Crippen LogP contribution in [0.15, 0.2) is 41.7 Å². The van der Waals surface area contributed by atoms with Gasteiger partial charge in [0.05, 0.1) is 5.69 Å². The van der Waals surface area contributed by atoms with E-state index in [4.69, 9.17) is 10.7 Å². The van der Waals surface area contributed by atoms with Crippen molar-refractivity contribution in [3.05, 3.63) is 47.9 Å². The Labute approximate surface area is 108 Å². The van der Waals surface area contributed by atoms with E-state index in [-0.39, 0.29) is 16.5 Å². The van der Waals surface area contributed by atoms with Gasteiger partial charge in [0.25, 0.3) is 9.05 Å². The highest BCUT2D eigenvalue weighted by Crippen LogP contribution is 2.19. The van der Waals surface area contributed by atoms with Crippen LogP contribution in [0.1, 0.15) is 16.1 Å². The van der Waals surface area contributed by atoms with Gasteiger partial charge in [-0.2, -0.15) is 0 Å². The van der Waals surface area contributed by atoms with E-state index in [1.165, 1.54) is 29.9 Å². The average molecular weight is 285 g/mol. The van der Waals surface area contributed by atoms with Crippen molar-refractivity contribution in [1.29, 1.82) is 0 Å². The largest absolute Gasteiger partial charge is 0.331 e. The summed E-state index contributed by atoms with van der Waals surface area (Å²) in [6, 6.07) is 5.96. The number of carbonyl (C=O) groups excluding carboxylic acids is 1. The minimum Gasteiger partial charge on any atom is -0.331 e. The number of hydrogen-bond donors (Lipinski definition) is 0. The van der Waals surface area contributed by atoms with E-state index in [2.05, 4.69) is 4.98 Å². The van der Waals surface area contributed by atoms with Crippen molar-refractivity contribution in [3.8, 4) is 0 Å². The molecule has 94 valence electrons. The highest BCUT2D eigenvalue weighted by atomic mass is 35.7. The lowest BCUT2D eigenvalue weighted by Crippen LogP contribution is -2.10. The third kappa shape index (κ3) is 2.30. The van der Waals surface area contributed by atoms with Gasteiger partial charge in [-0.15, -0.1) is 0 Å². The van der Waals surface area contributed by atoms with E-state index in [9.17, 15) is 13.2 Å². The van der Waals surface area contributed by atoms with Gasteiger partial charge >= 0.3 is 0 Å². The van der Waals surface area contributed by atoms with Crippen molar-refractivity contribution in [2.75, 3.05) is 0 Å². The summed E-state index contributed by atoms with van der Waals surface area (Å²) >= 11 is 0. The van der Waals surface area contributed by atoms with Crippen molar-refractivity contribution in [2.24, 2.45) is 7.05 Å². The summed E-state index contributed by atoms with van der Waals surface area (Å²) in [5.41, 5.74) is 0.624. The lowest BCUT2D eigenvalue weighted by Gasteiger charge is -2.04. The predicted molar refractivity (Wildman–Crippen MR) is 66.1 cm³/mol. The van der Waals surface area contributed by atoms with Gasteiger partial charge in [-0.1, -0.05) is 0 Å². The number of ketones is 1. The lowest BCUT2D eigenvalue weighted by molar-refractivity contribution is 0.103. The Morgan fingerprint density at radius 2 is 2.06 bits per heavy atom. The number of aromatic nitrogens is 2. The molecule has 0 unspecified atom stereocenters. The normalized spacial score (nSPS) is 11.4. The molecule has 18 heavy (non-hydrogen) atoms. The summed E-state index contributed by atoms with van der Waals surface area (Å²) in [6.45, 7) is 0. The fourth-order valence-electron chi connectivity index (χ4n) is 1.61. The van der Waals surface area contributed by atoms with Crippen LogP contribution in [-0.2, 0) is 16.1 Å². The van der Waals surface area contributed by atoms with Gasteiger partial charge in [0, 0.05) is 35.7 Å². The molecule has 2 heterocycles. The van der Waals surface area contributed by atoms with Crippen LogP contribution < -0.4 is 0 Å². The molecule has 0 fully saturated rings. The molecule has 2 aromatic rings. The van der Waals surface area contributed by atoms with Crippen molar-refractivity contribution in [3.63, 3.8) is 0 Å². The Morgan fingerprint density at radius 1 is 1.33 bits per heavy atom. The van der Waals surface area contributed by atoms with Crippen LogP contribution in [-0.4, -0.2) is 23.8 Å². The molecule has 0 aromatic carbocycles. The standard InChI is InChI=1S/C11H9ClN2O3S/c1-14-9(4-5-10(14)18(12,16)17)11(15)8-3-2-6-13-7-8/h2-7H,1H3. The summed E-state index contributed by atoms with van der Waals surface area (Å²) in [4.78, 5) is 16.0. The highest BCUT2D eigenvalue weighted by molar-refractivity contribution is 8.13. The van der Waals surface area contributed by atoms with Crippen molar-refractivity contribution >= 4 is 25.5 Å². The van der Waals surface area contributed by atoms with E-state index in [1.54, 1.807) is 18.3 Å². The van der Waals surface area contributed by atoms with E-state index in [0.717, 1.165) is 0 Å². The fraction of sp³-hybridized carbons (Fsp3) is 0.0909. The van der Waals surface area contributed by atoms with Gasteiger partial charge in [-0.25, -0.2) is 8.42 Å². The molecule has 0 amide bonds. The van der Waals surface area contributed by atoms with Crippen molar-refractivity contribution < 1.29 is 13.2 Å². The third-order valence-electron chi connectivity index (χ3n) is 2.48. The molecule has 2 rings (SSSR count). The first-order chi connectivity index (χ1) is 8.41. The number of carbonyl (C=O) groups is 1. The summed E-state index contributed by atoms with van der Waals surface area (Å²) < 4.78 is 23.7. The molecule has 0 aliphatic carbocycles. The Balaban J connectivity index is 2.49. The quantitative estimate of drug-likeness (QED) is 0.634. The summed E-state index contributed by atoms with van der Waals surface area (Å²) in [7, 11) is 2.87. The first-order valence-electron chi connectivity index (χ1n) is 4.96. The van der Waals surface area contributed by atoms with Crippen molar-refractivity contribution in [1.82, 2.24) is 9.55 Å². The first-order valence-corrected chi connectivity index (χ1v) is 7.27. The van der Waals surface area contributed by atoms with Crippen LogP contribution in [0, 0.1) is 0 Å². The molecule has 5 nitrogen and oxygen atoms in total. The molecule has 0 aliphatic rings. The minimum absolute atomic E-state index is 0.114. The zero-order chi connectivity index (χ0) is 13.3. The maximum Gasteiger partial charge on any atom is 0.276 e. The SMILES string of the molecule is Cn1c(C(=O)c2cccnc2)ccc1S(=O)(=O)Cl. The molecule has 0 atom stereocenters. The molecular formula is C11H9ClN2O3S. The minimum atomic E-state index is -3.86. The third-order valence-corrected chi connectivity index (χ3v) is 3.87. The number of pyridine rings is 1. The maximum absolute atomic E-state index is 12.1. The number of nitrogens with zero attached hydrogens (tertiary/aromatic N) is 2. The van der Waals surface area contributed by atoms with Crippen LogP contribution in [0.5, 0.6) is 0 Å². The zero-order valence-electron chi connectivity index (χ0n) is 9.37. The van der Waals surface area contributed by atoms with Gasteiger partial charge < -0.3 is 4.57 Å². The van der Waals surface area contributed by atoms with E-state index >= 15 is 0 Å². The van der Waals surface area contributed by atoms with E-state index in [0.29, 0.717) is 5.56 Å². The molecule has 0 bridgehead atoms. The second kappa shape index (κ2) is 4.55. The number of halogens is 1. The number of hydrogen-bond acceptors (Lipinski definition) is 4. The summed E-state index contributed by atoms with van der Waals surface area (Å²) in [6.07, 6.45) is 2.97. The number of rotatable bonds is 3. The molecule has 0 N–H and O–H groups in total. The van der Waals surface area contributed by atoms with E-state index in [1.807, 2.05) is 0 Å². The Bertz CT molecular complexity index is 692. The summed E-state index contributed by atoms with van der Waals surface area (Å²) in [5, 5.41) is -0.114. The molecule has 7 heteroatoms. The van der Waals surface area contributed by atoms with Gasteiger partial charge in [0.2, 0.25) is 5.78 Å². The molecular weight excluding hydrogens is 276 g/mol. The van der Waals surface area contributed by atoms with Gasteiger partial charge in [-0.3, -0.25) is 9.78 Å². The molecule has 0 spiro atoms. The van der Waals surface area contributed by atoms with Crippen LogP contribution >= 0.6 is 10.7 Å². The van der Waals surface area contributed by atoms with Gasteiger partial charge in [0.1, 0.15) is 0 Å². The maximum atomic E-state index is 12.1. The molecule has 0 aliphatic heterocycles. The Morgan fingerprint density at radius 3 is 2.56 bits per heavy atom. The predicted octanol–water partition coefficient (Wildman–Crippen LogP) is 1.58. The molecule has 0 saturated carbocycles. The zero-order valence-corrected chi connectivity index (χ0v) is 10.9. The lowest BCUT2D eigenvalue weighted by atomic mass is 10.1. The molecule has 0 saturated heterocycles. The average Bonchev–Trinajstić information content (AvgIpc) is 2.71. The second-order valence-electron chi connectivity index (χ2n) is 3.62. The van der Waals surface area contributed by atoms with Crippen molar-refractivity contribution in [2.45, 2.75) is 5.03 Å². The van der Waals surface area contributed by atoms with E-state index < -0.39 is 9.05 Å². The molecule has 0 radical (unpaired) electrons. The first kappa shape index (κ1) is 12.8. The van der Waals surface area contributed by atoms with Gasteiger partial charge in [-0.05, 0) is 24.3 Å². The topological polar surface area (TPSA) is 69.0 Å². The smallest absolute Gasteiger partial charge is 0.276 e. The Kier molecular flexibility index (Phi) is 3.23. The summed E-state index contributed by atoms with van der Waals surface area (Å²) in [5.74, 6) is -0.308. The van der Waals surface area contributed by atoms with Gasteiger partial charge in [0.15, 0.2) is 5.03 Å². The molecule has 2 aromatic heterocycles. The van der Waals surface area contributed by atoms with Crippen LogP contribution in [0.2, 0.25) is 0 Å². The monoisotopic (exact) mass is 284 g/mol. The fourth-order valence-corrected chi connectivity index (χ4v) is 2.73. The Hall–Kier alpha value is -1.66. The van der Waals surface area contributed by atoms with Crippen LogP contribution in [0.25, 0.3) is 0 Å². The highest BCUT2D eigenvalue weighted by Gasteiger charge is 2.20.